The fourth-order valence-corrected chi connectivity index (χ4v) is 3.52. The molecule has 36 heavy (non-hydrogen) atoms. The lowest BCUT2D eigenvalue weighted by Gasteiger charge is -2.32. The molecule has 0 bridgehead atoms. The van der Waals surface area contributed by atoms with Crippen molar-refractivity contribution < 1.29 is 14.3 Å². The van der Waals surface area contributed by atoms with Crippen molar-refractivity contribution in [3.8, 4) is 11.6 Å². The van der Waals surface area contributed by atoms with Crippen LogP contribution in [0.1, 0.15) is 10.4 Å². The number of benzene rings is 2. The summed E-state index contributed by atoms with van der Waals surface area (Å²) in [5.74, 6) is 0.349. The molecule has 2 amide bonds. The van der Waals surface area contributed by atoms with Crippen LogP contribution >= 0.6 is 11.6 Å². The van der Waals surface area contributed by atoms with E-state index in [1.165, 1.54) is 12.3 Å². The lowest BCUT2D eigenvalue weighted by Crippen LogP contribution is -2.52. The van der Waals surface area contributed by atoms with Gasteiger partial charge >= 0.3 is 0 Å². The Kier molecular flexibility index (Phi) is 8.11. The SMILES string of the molecule is C=CC(=O)Nc1cccc(Oc2nc(Nc3ccc(C(=O)NN4CCN(C)CC4)cc3)ncc2Cl)c1. The van der Waals surface area contributed by atoms with Gasteiger partial charge < -0.3 is 20.3 Å². The van der Waals surface area contributed by atoms with Gasteiger partial charge in [0.25, 0.3) is 5.91 Å². The molecule has 0 aliphatic carbocycles. The van der Waals surface area contributed by atoms with E-state index in [4.69, 9.17) is 16.3 Å². The van der Waals surface area contributed by atoms with Gasteiger partial charge in [-0.15, -0.1) is 0 Å². The summed E-state index contributed by atoms with van der Waals surface area (Å²) in [6.07, 6.45) is 2.60. The van der Waals surface area contributed by atoms with Crippen LogP contribution in [0.25, 0.3) is 0 Å². The number of hydrogen-bond acceptors (Lipinski definition) is 8. The normalized spacial score (nSPS) is 14.1. The summed E-state index contributed by atoms with van der Waals surface area (Å²) in [7, 11) is 2.06. The van der Waals surface area contributed by atoms with Crippen molar-refractivity contribution in [3.63, 3.8) is 0 Å². The van der Waals surface area contributed by atoms with Gasteiger partial charge in [0.1, 0.15) is 10.8 Å². The quantitative estimate of drug-likeness (QED) is 0.396. The lowest BCUT2D eigenvalue weighted by atomic mass is 10.2. The van der Waals surface area contributed by atoms with E-state index in [2.05, 4.69) is 44.6 Å². The van der Waals surface area contributed by atoms with Gasteiger partial charge in [0, 0.05) is 49.2 Å². The van der Waals surface area contributed by atoms with Crippen molar-refractivity contribution in [2.45, 2.75) is 0 Å². The topological polar surface area (TPSA) is 112 Å². The number of nitrogens with one attached hydrogen (secondary N) is 3. The largest absolute Gasteiger partial charge is 0.437 e. The fourth-order valence-electron chi connectivity index (χ4n) is 3.39. The van der Waals surface area contributed by atoms with Crippen molar-refractivity contribution in [2.75, 3.05) is 43.9 Å². The summed E-state index contributed by atoms with van der Waals surface area (Å²) in [6, 6.07) is 13.8. The standard InChI is InChI=1S/C25H26ClN7O3/c1-3-22(34)28-19-5-4-6-20(15-19)36-24-21(26)16-27-25(30-24)29-18-9-7-17(8-10-18)23(35)31-33-13-11-32(2)12-14-33/h3-10,15-16H,1,11-14H2,2H3,(H,28,34)(H,31,35)(H,27,29,30). The van der Waals surface area contributed by atoms with E-state index in [0.29, 0.717) is 22.7 Å². The summed E-state index contributed by atoms with van der Waals surface area (Å²) in [5.41, 5.74) is 4.72. The highest BCUT2D eigenvalue weighted by Gasteiger charge is 2.16. The number of rotatable bonds is 8. The molecule has 0 unspecified atom stereocenters. The fraction of sp³-hybridized carbons (Fsp3) is 0.200. The summed E-state index contributed by atoms with van der Waals surface area (Å²) in [6.45, 7) is 6.83. The highest BCUT2D eigenvalue weighted by atomic mass is 35.5. The molecule has 1 aliphatic heterocycles. The number of piperazine rings is 1. The van der Waals surface area contributed by atoms with E-state index in [0.717, 1.165) is 26.2 Å². The average Bonchev–Trinajstić information content (AvgIpc) is 2.88. The third-order valence-corrected chi connectivity index (χ3v) is 5.64. The van der Waals surface area contributed by atoms with Crippen molar-refractivity contribution >= 4 is 40.7 Å². The molecule has 2 aromatic carbocycles. The second-order valence-corrected chi connectivity index (χ2v) is 8.51. The van der Waals surface area contributed by atoms with Crippen LogP contribution in [0.15, 0.2) is 67.4 Å². The maximum atomic E-state index is 12.5. The Bertz CT molecular complexity index is 1240. The summed E-state index contributed by atoms with van der Waals surface area (Å²) in [4.78, 5) is 34.8. The number of likely N-dealkylation sites (N-methyl/N-ethyl adjacent to an activating group) is 1. The molecule has 3 N–H and O–H groups in total. The number of aromatic nitrogens is 2. The van der Waals surface area contributed by atoms with Crippen LogP contribution in [0.5, 0.6) is 11.6 Å². The molecule has 11 heteroatoms. The number of carbonyl (C=O) groups is 2. The highest BCUT2D eigenvalue weighted by molar-refractivity contribution is 6.31. The molecule has 186 valence electrons. The van der Waals surface area contributed by atoms with E-state index in [1.807, 2.05) is 5.01 Å². The maximum absolute atomic E-state index is 12.5. The Balaban J connectivity index is 1.39. The minimum atomic E-state index is -0.332. The van der Waals surface area contributed by atoms with Gasteiger partial charge in [0.15, 0.2) is 0 Å². The number of halogens is 1. The van der Waals surface area contributed by atoms with Crippen molar-refractivity contribution in [3.05, 3.63) is 78.0 Å². The van der Waals surface area contributed by atoms with Crippen LogP contribution in [-0.4, -0.2) is 64.9 Å². The van der Waals surface area contributed by atoms with Crippen LogP contribution < -0.4 is 20.8 Å². The summed E-state index contributed by atoms with van der Waals surface area (Å²) >= 11 is 6.23. The second-order valence-electron chi connectivity index (χ2n) is 8.10. The van der Waals surface area contributed by atoms with Crippen LogP contribution in [0.4, 0.5) is 17.3 Å². The first-order valence-corrected chi connectivity index (χ1v) is 11.6. The number of hydrazine groups is 1. The molecule has 1 aromatic heterocycles. The zero-order chi connectivity index (χ0) is 25.5. The predicted octanol–water partition coefficient (Wildman–Crippen LogP) is 3.68. The van der Waals surface area contributed by atoms with Gasteiger partial charge in [0.05, 0.1) is 6.20 Å². The summed E-state index contributed by atoms with van der Waals surface area (Å²) in [5, 5.41) is 7.89. The Hall–Kier alpha value is -3.99. The van der Waals surface area contributed by atoms with Crippen LogP contribution in [0.2, 0.25) is 5.02 Å². The third kappa shape index (κ3) is 6.79. The average molecular weight is 508 g/mol. The molecule has 1 saturated heterocycles. The molecular weight excluding hydrogens is 482 g/mol. The van der Waals surface area contributed by atoms with E-state index >= 15 is 0 Å². The van der Waals surface area contributed by atoms with Crippen molar-refractivity contribution in [1.29, 1.82) is 0 Å². The van der Waals surface area contributed by atoms with Gasteiger partial charge in [-0.1, -0.05) is 24.2 Å². The van der Waals surface area contributed by atoms with E-state index in [9.17, 15) is 9.59 Å². The molecule has 2 heterocycles. The van der Waals surface area contributed by atoms with Gasteiger partial charge in [-0.25, -0.2) is 9.99 Å². The Labute approximate surface area is 213 Å². The molecule has 0 radical (unpaired) electrons. The first kappa shape index (κ1) is 25.1. The molecule has 1 aliphatic rings. The number of carbonyl (C=O) groups excluding carboxylic acids is 2. The van der Waals surface area contributed by atoms with Crippen LogP contribution in [0, 0.1) is 0 Å². The zero-order valence-corrected chi connectivity index (χ0v) is 20.5. The Morgan fingerprint density at radius 2 is 1.83 bits per heavy atom. The van der Waals surface area contributed by atoms with Crippen molar-refractivity contribution in [2.24, 2.45) is 0 Å². The highest BCUT2D eigenvalue weighted by Crippen LogP contribution is 2.29. The van der Waals surface area contributed by atoms with E-state index in [-0.39, 0.29) is 28.7 Å². The molecule has 1 fully saturated rings. The number of hydrogen-bond donors (Lipinski definition) is 3. The van der Waals surface area contributed by atoms with Gasteiger partial charge in [-0.05, 0) is 49.5 Å². The first-order chi connectivity index (χ1) is 17.4. The molecule has 4 rings (SSSR count). The van der Waals surface area contributed by atoms with Crippen molar-refractivity contribution in [1.82, 2.24) is 25.3 Å². The number of anilines is 3. The molecule has 10 nitrogen and oxygen atoms in total. The van der Waals surface area contributed by atoms with Gasteiger partial charge in [-0.2, -0.15) is 4.98 Å². The Morgan fingerprint density at radius 3 is 2.56 bits per heavy atom. The maximum Gasteiger partial charge on any atom is 0.265 e. The number of amides is 2. The van der Waals surface area contributed by atoms with E-state index in [1.54, 1.807) is 48.5 Å². The third-order valence-electron chi connectivity index (χ3n) is 5.38. The van der Waals surface area contributed by atoms with Gasteiger partial charge in [0.2, 0.25) is 17.7 Å². The van der Waals surface area contributed by atoms with Crippen LogP contribution in [-0.2, 0) is 4.79 Å². The minimum absolute atomic E-state index is 0.143. The first-order valence-electron chi connectivity index (χ1n) is 11.2. The van der Waals surface area contributed by atoms with E-state index < -0.39 is 0 Å². The Morgan fingerprint density at radius 1 is 1.08 bits per heavy atom. The molecule has 0 atom stereocenters. The second kappa shape index (κ2) is 11.6. The molecule has 0 saturated carbocycles. The monoisotopic (exact) mass is 507 g/mol. The smallest absolute Gasteiger partial charge is 0.265 e. The molecular formula is C25H26ClN7O3. The molecule has 0 spiro atoms. The predicted molar refractivity (Wildman–Crippen MR) is 139 cm³/mol. The minimum Gasteiger partial charge on any atom is -0.437 e. The number of nitrogens with zero attached hydrogens (tertiary/aromatic N) is 4. The lowest BCUT2D eigenvalue weighted by molar-refractivity contribution is -0.111. The van der Waals surface area contributed by atoms with Crippen LogP contribution in [0.3, 0.4) is 0 Å². The van der Waals surface area contributed by atoms with Gasteiger partial charge in [-0.3, -0.25) is 15.0 Å². The number of ether oxygens (including phenoxy) is 1. The summed E-state index contributed by atoms with van der Waals surface area (Å²) < 4.78 is 5.81. The zero-order valence-electron chi connectivity index (χ0n) is 19.7. The molecule has 3 aromatic rings.